The highest BCUT2D eigenvalue weighted by molar-refractivity contribution is 14.0. The molecule has 3 aliphatic rings. The minimum absolute atomic E-state index is 0. The zero-order valence-electron chi connectivity index (χ0n) is 12.3. The molecular weight excluding hydrogens is 383 g/mol. The second kappa shape index (κ2) is 7.62. The lowest BCUT2D eigenvalue weighted by atomic mass is 10.1. The third kappa shape index (κ3) is 4.70. The molecule has 3 fully saturated rings. The molecule has 6 nitrogen and oxygen atoms in total. The third-order valence-corrected chi connectivity index (χ3v) is 4.28. The van der Waals surface area contributed by atoms with Crippen LogP contribution in [0, 0.1) is 5.92 Å². The first-order chi connectivity index (χ1) is 9.72. The van der Waals surface area contributed by atoms with E-state index in [2.05, 4.69) is 10.3 Å². The van der Waals surface area contributed by atoms with Gasteiger partial charge >= 0.3 is 0 Å². The van der Waals surface area contributed by atoms with E-state index in [-0.39, 0.29) is 30.1 Å². The number of rotatable bonds is 5. The Balaban J connectivity index is 0.00000161. The van der Waals surface area contributed by atoms with Crippen molar-refractivity contribution in [2.75, 3.05) is 26.2 Å². The minimum Gasteiger partial charge on any atom is -0.376 e. The molecule has 3 rings (SSSR count). The van der Waals surface area contributed by atoms with E-state index in [9.17, 15) is 4.79 Å². The normalized spacial score (nSPS) is 29.6. The molecule has 2 saturated heterocycles. The molecule has 1 saturated carbocycles. The summed E-state index contributed by atoms with van der Waals surface area (Å²) in [5.74, 6) is 1.09. The van der Waals surface area contributed by atoms with Gasteiger partial charge in [-0.3, -0.25) is 9.79 Å². The van der Waals surface area contributed by atoms with E-state index < -0.39 is 0 Å². The Hall–Kier alpha value is -0.570. The van der Waals surface area contributed by atoms with Crippen molar-refractivity contribution in [1.29, 1.82) is 0 Å². The van der Waals surface area contributed by atoms with Crippen LogP contribution in [0.25, 0.3) is 0 Å². The van der Waals surface area contributed by atoms with Gasteiger partial charge in [0.2, 0.25) is 5.91 Å². The lowest BCUT2D eigenvalue weighted by Crippen LogP contribution is -2.37. The number of hydrogen-bond donors (Lipinski definition) is 2. The van der Waals surface area contributed by atoms with Gasteiger partial charge in [-0.25, -0.2) is 0 Å². The number of nitrogens with one attached hydrogen (secondary N) is 1. The molecule has 0 radical (unpaired) electrons. The molecule has 2 unspecified atom stereocenters. The molecule has 2 heterocycles. The third-order valence-electron chi connectivity index (χ3n) is 4.28. The van der Waals surface area contributed by atoms with Gasteiger partial charge in [0.1, 0.15) is 0 Å². The molecule has 7 heteroatoms. The molecule has 0 spiro atoms. The number of amides is 1. The number of nitrogens with zero attached hydrogens (tertiary/aromatic N) is 2. The van der Waals surface area contributed by atoms with Crippen LogP contribution in [0.15, 0.2) is 4.99 Å². The largest absolute Gasteiger partial charge is 0.376 e. The summed E-state index contributed by atoms with van der Waals surface area (Å²) in [4.78, 5) is 18.2. The Bertz CT molecular complexity index is 394. The van der Waals surface area contributed by atoms with Crippen LogP contribution in [0.3, 0.4) is 0 Å². The number of nitrogens with two attached hydrogens (primary N) is 1. The number of guanidine groups is 1. The quantitative estimate of drug-likeness (QED) is 0.399. The fraction of sp³-hybridized carbons (Fsp3) is 0.857. The van der Waals surface area contributed by atoms with Gasteiger partial charge in [0.15, 0.2) is 5.96 Å². The molecule has 21 heavy (non-hydrogen) atoms. The highest BCUT2D eigenvalue weighted by Gasteiger charge is 2.39. The summed E-state index contributed by atoms with van der Waals surface area (Å²) in [6.07, 6.45) is 5.46. The van der Waals surface area contributed by atoms with Gasteiger partial charge in [-0.1, -0.05) is 0 Å². The van der Waals surface area contributed by atoms with Gasteiger partial charge in [-0.05, 0) is 25.7 Å². The predicted molar refractivity (Wildman–Crippen MR) is 91.7 cm³/mol. The van der Waals surface area contributed by atoms with Crippen LogP contribution in [0.5, 0.6) is 0 Å². The second-order valence-corrected chi connectivity index (χ2v) is 6.09. The van der Waals surface area contributed by atoms with Crippen molar-refractivity contribution in [2.24, 2.45) is 16.6 Å². The topological polar surface area (TPSA) is 80.0 Å². The number of carbonyl (C=O) groups excluding carboxylic acids is 1. The van der Waals surface area contributed by atoms with Gasteiger partial charge in [0.05, 0.1) is 6.10 Å². The minimum atomic E-state index is 0. The Morgan fingerprint density at radius 2 is 2.24 bits per heavy atom. The maximum atomic E-state index is 11.8. The molecule has 120 valence electrons. The molecule has 1 aliphatic carbocycles. The number of carbonyl (C=O) groups is 1. The monoisotopic (exact) mass is 408 g/mol. The van der Waals surface area contributed by atoms with Crippen LogP contribution in [0.2, 0.25) is 0 Å². The van der Waals surface area contributed by atoms with Gasteiger partial charge in [-0.2, -0.15) is 0 Å². The summed E-state index contributed by atoms with van der Waals surface area (Å²) >= 11 is 0. The van der Waals surface area contributed by atoms with E-state index in [1.165, 1.54) is 12.8 Å². The van der Waals surface area contributed by atoms with Crippen LogP contribution in [0.4, 0.5) is 0 Å². The SMILES string of the molecule is I.NC(=NCC1CC(=O)N(C2CC2)C1)NCC1CCCO1. The Kier molecular flexibility index (Phi) is 6.09. The standard InChI is InChI=1S/C14H24N4O2.HI/c15-14(17-8-12-2-1-5-20-12)16-7-10-6-13(19)18(9-10)11-3-4-11;/h10-12H,1-9H2,(H3,15,16,17);1H. The first kappa shape index (κ1) is 16.8. The van der Waals surface area contributed by atoms with Crippen molar-refractivity contribution in [3.05, 3.63) is 0 Å². The summed E-state index contributed by atoms with van der Waals surface area (Å²) in [7, 11) is 0. The summed E-state index contributed by atoms with van der Waals surface area (Å²) in [5.41, 5.74) is 5.86. The number of ether oxygens (including phenoxy) is 1. The van der Waals surface area contributed by atoms with E-state index in [0.29, 0.717) is 36.8 Å². The number of aliphatic imine (C=N–C) groups is 1. The number of halogens is 1. The molecule has 2 aliphatic heterocycles. The van der Waals surface area contributed by atoms with E-state index >= 15 is 0 Å². The molecule has 2 atom stereocenters. The fourth-order valence-corrected chi connectivity index (χ4v) is 2.98. The smallest absolute Gasteiger partial charge is 0.223 e. The highest BCUT2D eigenvalue weighted by atomic mass is 127. The maximum absolute atomic E-state index is 11.8. The average molecular weight is 408 g/mol. The van der Waals surface area contributed by atoms with E-state index in [0.717, 1.165) is 32.5 Å². The van der Waals surface area contributed by atoms with Crippen LogP contribution in [0.1, 0.15) is 32.1 Å². The lowest BCUT2D eigenvalue weighted by molar-refractivity contribution is -0.128. The van der Waals surface area contributed by atoms with Crippen LogP contribution >= 0.6 is 24.0 Å². The molecule has 0 aromatic carbocycles. The molecular formula is C14H25IN4O2. The Labute approximate surface area is 142 Å². The van der Waals surface area contributed by atoms with Crippen molar-refractivity contribution >= 4 is 35.8 Å². The highest BCUT2D eigenvalue weighted by Crippen LogP contribution is 2.32. The predicted octanol–water partition coefficient (Wildman–Crippen LogP) is 0.699. The molecule has 0 aromatic heterocycles. The zero-order valence-corrected chi connectivity index (χ0v) is 14.6. The average Bonchev–Trinajstić information content (AvgIpc) is 3.00. The van der Waals surface area contributed by atoms with E-state index in [1.54, 1.807) is 0 Å². The summed E-state index contributed by atoms with van der Waals surface area (Å²) < 4.78 is 5.52. The zero-order chi connectivity index (χ0) is 13.9. The van der Waals surface area contributed by atoms with Gasteiger partial charge < -0.3 is 20.7 Å². The summed E-state index contributed by atoms with van der Waals surface area (Å²) in [5, 5.41) is 3.11. The Morgan fingerprint density at radius 3 is 2.90 bits per heavy atom. The fourth-order valence-electron chi connectivity index (χ4n) is 2.98. The van der Waals surface area contributed by atoms with Gasteiger partial charge in [0, 0.05) is 44.6 Å². The van der Waals surface area contributed by atoms with Crippen LogP contribution in [-0.2, 0) is 9.53 Å². The van der Waals surface area contributed by atoms with E-state index in [1.807, 2.05) is 4.90 Å². The first-order valence-electron chi connectivity index (χ1n) is 7.67. The van der Waals surface area contributed by atoms with Crippen molar-refractivity contribution < 1.29 is 9.53 Å². The second-order valence-electron chi connectivity index (χ2n) is 6.09. The van der Waals surface area contributed by atoms with Crippen molar-refractivity contribution in [3.8, 4) is 0 Å². The molecule has 0 bridgehead atoms. The number of hydrogen-bond acceptors (Lipinski definition) is 3. The van der Waals surface area contributed by atoms with Gasteiger partial charge in [0.25, 0.3) is 0 Å². The first-order valence-corrected chi connectivity index (χ1v) is 7.67. The maximum Gasteiger partial charge on any atom is 0.223 e. The summed E-state index contributed by atoms with van der Waals surface area (Å²) in [6.45, 7) is 3.07. The van der Waals surface area contributed by atoms with Crippen LogP contribution in [-0.4, -0.2) is 55.2 Å². The van der Waals surface area contributed by atoms with Gasteiger partial charge in [-0.15, -0.1) is 24.0 Å². The van der Waals surface area contributed by atoms with Crippen LogP contribution < -0.4 is 11.1 Å². The summed E-state index contributed by atoms with van der Waals surface area (Å²) in [6, 6.07) is 0.520. The van der Waals surface area contributed by atoms with Crippen molar-refractivity contribution in [3.63, 3.8) is 0 Å². The van der Waals surface area contributed by atoms with Crippen molar-refractivity contribution in [1.82, 2.24) is 10.2 Å². The molecule has 0 aromatic rings. The molecule has 1 amide bonds. The van der Waals surface area contributed by atoms with Crippen molar-refractivity contribution in [2.45, 2.75) is 44.2 Å². The van der Waals surface area contributed by atoms with E-state index in [4.69, 9.17) is 10.5 Å². The lowest BCUT2D eigenvalue weighted by Gasteiger charge is -2.15. The number of likely N-dealkylation sites (tertiary alicyclic amines) is 1. The Morgan fingerprint density at radius 1 is 1.43 bits per heavy atom. The molecule has 3 N–H and O–H groups in total.